The van der Waals surface area contributed by atoms with E-state index in [4.69, 9.17) is 0 Å². The van der Waals surface area contributed by atoms with Crippen LogP contribution in [0.1, 0.15) is 17.0 Å². The SMILES string of the molecule is CN(c1ccccc1)c1ccc(/C=C(/CC(=O)O)c2nc3ccccc3s2)cc1[N+](=O)[O-]. The monoisotopic (exact) mass is 445 g/mol. The first kappa shape index (κ1) is 21.2. The second-order valence-electron chi connectivity index (χ2n) is 7.13. The van der Waals surface area contributed by atoms with Crippen molar-refractivity contribution in [3.05, 3.63) is 93.5 Å². The van der Waals surface area contributed by atoms with Crippen LogP contribution in [-0.4, -0.2) is 28.0 Å². The van der Waals surface area contributed by atoms with Crippen LogP contribution in [0.15, 0.2) is 72.8 Å². The van der Waals surface area contributed by atoms with Gasteiger partial charge in [0.2, 0.25) is 0 Å². The number of nitrogens with zero attached hydrogens (tertiary/aromatic N) is 3. The molecule has 32 heavy (non-hydrogen) atoms. The highest BCUT2D eigenvalue weighted by molar-refractivity contribution is 7.19. The number of aliphatic carboxylic acids is 1. The predicted molar refractivity (Wildman–Crippen MR) is 127 cm³/mol. The number of benzene rings is 3. The summed E-state index contributed by atoms with van der Waals surface area (Å²) in [7, 11) is 1.77. The number of para-hydroxylation sites is 2. The zero-order valence-corrected chi connectivity index (χ0v) is 18.0. The quantitative estimate of drug-likeness (QED) is 0.277. The molecule has 0 radical (unpaired) electrons. The van der Waals surface area contributed by atoms with Gasteiger partial charge in [0.15, 0.2) is 0 Å². The molecule has 0 bridgehead atoms. The summed E-state index contributed by atoms with van der Waals surface area (Å²) in [6, 6.07) is 21.8. The van der Waals surface area contributed by atoms with Crippen LogP contribution < -0.4 is 4.90 Å². The fourth-order valence-corrected chi connectivity index (χ4v) is 4.39. The Morgan fingerprint density at radius 3 is 2.53 bits per heavy atom. The van der Waals surface area contributed by atoms with Crippen LogP contribution in [-0.2, 0) is 4.79 Å². The minimum Gasteiger partial charge on any atom is -0.481 e. The van der Waals surface area contributed by atoms with Gasteiger partial charge in [-0.1, -0.05) is 36.4 Å². The lowest BCUT2D eigenvalue weighted by molar-refractivity contribution is -0.384. The Balaban J connectivity index is 1.77. The molecule has 0 saturated carbocycles. The molecule has 0 spiro atoms. The van der Waals surface area contributed by atoms with Crippen LogP contribution in [0.3, 0.4) is 0 Å². The maximum absolute atomic E-state index is 11.8. The average Bonchev–Trinajstić information content (AvgIpc) is 3.23. The molecule has 1 N–H and O–H groups in total. The van der Waals surface area contributed by atoms with Gasteiger partial charge in [0, 0.05) is 18.8 Å². The van der Waals surface area contributed by atoms with Crippen LogP contribution in [0, 0.1) is 10.1 Å². The Hall–Kier alpha value is -4.04. The molecule has 8 heteroatoms. The van der Waals surface area contributed by atoms with E-state index in [1.54, 1.807) is 30.2 Å². The van der Waals surface area contributed by atoms with Crippen LogP contribution >= 0.6 is 11.3 Å². The number of carbonyl (C=O) groups is 1. The summed E-state index contributed by atoms with van der Waals surface area (Å²) >= 11 is 1.40. The van der Waals surface area contributed by atoms with Gasteiger partial charge in [-0.15, -0.1) is 11.3 Å². The van der Waals surface area contributed by atoms with Crippen LogP contribution in [0.4, 0.5) is 17.1 Å². The Bertz CT molecular complexity index is 1300. The van der Waals surface area contributed by atoms with E-state index in [2.05, 4.69) is 4.98 Å². The Kier molecular flexibility index (Phi) is 5.96. The Labute approximate surface area is 188 Å². The maximum atomic E-state index is 11.8. The molecule has 4 aromatic rings. The van der Waals surface area contributed by atoms with E-state index in [0.717, 1.165) is 15.9 Å². The largest absolute Gasteiger partial charge is 0.481 e. The van der Waals surface area contributed by atoms with Gasteiger partial charge < -0.3 is 10.0 Å². The lowest BCUT2D eigenvalue weighted by atomic mass is 10.1. The number of anilines is 2. The van der Waals surface area contributed by atoms with Crippen molar-refractivity contribution in [2.75, 3.05) is 11.9 Å². The Morgan fingerprint density at radius 2 is 1.84 bits per heavy atom. The molecule has 1 aromatic heterocycles. The van der Waals surface area contributed by atoms with E-state index in [1.807, 2.05) is 54.6 Å². The molecule has 0 amide bonds. The molecule has 0 unspecified atom stereocenters. The zero-order valence-electron chi connectivity index (χ0n) is 17.1. The third-order valence-electron chi connectivity index (χ3n) is 4.95. The van der Waals surface area contributed by atoms with Crippen molar-refractivity contribution in [1.82, 2.24) is 4.98 Å². The lowest BCUT2D eigenvalue weighted by Crippen LogP contribution is -2.11. The number of fused-ring (bicyclic) bond motifs is 1. The topological polar surface area (TPSA) is 96.6 Å². The van der Waals surface area contributed by atoms with Gasteiger partial charge >= 0.3 is 5.97 Å². The molecule has 0 saturated heterocycles. The van der Waals surface area contributed by atoms with Gasteiger partial charge in [0.05, 0.1) is 21.6 Å². The number of carboxylic acid groups (broad SMARTS) is 1. The molecule has 0 atom stereocenters. The summed E-state index contributed by atoms with van der Waals surface area (Å²) in [6.45, 7) is 0. The van der Waals surface area contributed by atoms with Crippen LogP contribution in [0.25, 0.3) is 21.9 Å². The fourth-order valence-electron chi connectivity index (χ4n) is 3.41. The van der Waals surface area contributed by atoms with Gasteiger partial charge in [-0.3, -0.25) is 14.9 Å². The van der Waals surface area contributed by atoms with E-state index in [0.29, 0.717) is 21.8 Å². The van der Waals surface area contributed by atoms with E-state index in [1.165, 1.54) is 17.4 Å². The second-order valence-corrected chi connectivity index (χ2v) is 8.16. The molecule has 0 aliphatic heterocycles. The summed E-state index contributed by atoms with van der Waals surface area (Å²) in [5.41, 5.74) is 3.02. The van der Waals surface area contributed by atoms with Crippen molar-refractivity contribution in [3.63, 3.8) is 0 Å². The first-order valence-electron chi connectivity index (χ1n) is 9.78. The first-order chi connectivity index (χ1) is 15.4. The highest BCUT2D eigenvalue weighted by Crippen LogP contribution is 2.35. The van der Waals surface area contributed by atoms with Crippen LogP contribution in [0.5, 0.6) is 0 Å². The predicted octanol–water partition coefficient (Wildman–Crippen LogP) is 5.99. The van der Waals surface area contributed by atoms with Crippen LogP contribution in [0.2, 0.25) is 0 Å². The van der Waals surface area contributed by atoms with Crippen molar-refractivity contribution >= 4 is 56.2 Å². The van der Waals surface area contributed by atoms with Crippen molar-refractivity contribution in [2.45, 2.75) is 6.42 Å². The van der Waals surface area contributed by atoms with Crippen molar-refractivity contribution in [1.29, 1.82) is 0 Å². The summed E-state index contributed by atoms with van der Waals surface area (Å²) in [5.74, 6) is -0.995. The number of thiazole rings is 1. The number of hydrogen-bond acceptors (Lipinski definition) is 6. The number of hydrogen-bond donors (Lipinski definition) is 1. The van der Waals surface area contributed by atoms with Gasteiger partial charge in [-0.05, 0) is 47.5 Å². The lowest BCUT2D eigenvalue weighted by Gasteiger charge is -2.19. The number of aromatic nitrogens is 1. The van der Waals surface area contributed by atoms with Gasteiger partial charge in [0.25, 0.3) is 5.69 Å². The first-order valence-corrected chi connectivity index (χ1v) is 10.6. The summed E-state index contributed by atoms with van der Waals surface area (Å²) in [6.07, 6.45) is 1.42. The van der Waals surface area contributed by atoms with E-state index in [-0.39, 0.29) is 12.1 Å². The van der Waals surface area contributed by atoms with E-state index < -0.39 is 10.9 Å². The minimum absolute atomic E-state index is 0.0657. The van der Waals surface area contributed by atoms with Crippen molar-refractivity contribution < 1.29 is 14.8 Å². The number of nitro benzene ring substituents is 1. The molecule has 0 aliphatic carbocycles. The Morgan fingerprint density at radius 1 is 1.12 bits per heavy atom. The van der Waals surface area contributed by atoms with Crippen molar-refractivity contribution in [3.8, 4) is 0 Å². The molecule has 0 aliphatic rings. The minimum atomic E-state index is -0.995. The number of nitro groups is 1. The molecule has 1 heterocycles. The maximum Gasteiger partial charge on any atom is 0.307 e. The highest BCUT2D eigenvalue weighted by Gasteiger charge is 2.19. The second kappa shape index (κ2) is 8.99. The average molecular weight is 446 g/mol. The van der Waals surface area contributed by atoms with Crippen molar-refractivity contribution in [2.24, 2.45) is 0 Å². The third-order valence-corrected chi connectivity index (χ3v) is 6.06. The standard InChI is InChI=1S/C24H19N3O4S/c1-26(18-7-3-2-4-8-18)20-12-11-16(14-21(20)27(30)31)13-17(15-23(28)29)24-25-19-9-5-6-10-22(19)32-24/h2-14H,15H2,1H3,(H,28,29)/b17-13-. The van der Waals surface area contributed by atoms with Gasteiger partial charge in [-0.2, -0.15) is 0 Å². The summed E-state index contributed by atoms with van der Waals surface area (Å²) in [4.78, 5) is 29.2. The summed E-state index contributed by atoms with van der Waals surface area (Å²) < 4.78 is 0.949. The van der Waals surface area contributed by atoms with E-state index >= 15 is 0 Å². The third kappa shape index (κ3) is 4.50. The molecular formula is C24H19N3O4S. The number of carboxylic acids is 1. The van der Waals surface area contributed by atoms with Gasteiger partial charge in [-0.25, -0.2) is 4.98 Å². The highest BCUT2D eigenvalue weighted by atomic mass is 32.1. The summed E-state index contributed by atoms with van der Waals surface area (Å²) in [5, 5.41) is 21.8. The zero-order chi connectivity index (χ0) is 22.7. The smallest absolute Gasteiger partial charge is 0.307 e. The molecule has 0 fully saturated rings. The number of rotatable bonds is 7. The molecule has 160 valence electrons. The normalized spacial score (nSPS) is 11.5. The molecule has 3 aromatic carbocycles. The van der Waals surface area contributed by atoms with E-state index in [9.17, 15) is 20.0 Å². The fraction of sp³-hybridized carbons (Fsp3) is 0.0833. The van der Waals surface area contributed by atoms with Gasteiger partial charge in [0.1, 0.15) is 10.7 Å². The molecule has 7 nitrogen and oxygen atoms in total. The molecule has 4 rings (SSSR count). The molecular weight excluding hydrogens is 426 g/mol.